The van der Waals surface area contributed by atoms with Gasteiger partial charge in [-0.25, -0.2) is 0 Å². The van der Waals surface area contributed by atoms with Crippen LogP contribution in [0, 0.1) is 0 Å². The van der Waals surface area contributed by atoms with Crippen molar-refractivity contribution in [2.45, 2.75) is 26.3 Å². The standard InChI is InChI=1S/C13H18N4O2/c1-3-7-15-12(18)8(2)16-13-17-11-9(14)5-4-6-10(11)19-13/h4-6,8H,3,7,14H2,1-2H3,(H,15,18)(H,16,17). The summed E-state index contributed by atoms with van der Waals surface area (Å²) >= 11 is 0. The molecule has 1 heterocycles. The Labute approximate surface area is 111 Å². The van der Waals surface area contributed by atoms with Crippen molar-refractivity contribution < 1.29 is 9.21 Å². The third kappa shape index (κ3) is 2.96. The molecule has 6 nitrogen and oxygen atoms in total. The molecule has 0 aliphatic rings. The van der Waals surface area contributed by atoms with Crippen LogP contribution in [0.15, 0.2) is 22.6 Å². The van der Waals surface area contributed by atoms with Crippen molar-refractivity contribution in [1.29, 1.82) is 0 Å². The molecule has 1 atom stereocenters. The number of aromatic nitrogens is 1. The SMILES string of the molecule is CCCNC(=O)C(C)Nc1nc2c(N)cccc2o1. The first kappa shape index (κ1) is 13.2. The fourth-order valence-electron chi connectivity index (χ4n) is 1.68. The number of hydrogen-bond donors (Lipinski definition) is 3. The summed E-state index contributed by atoms with van der Waals surface area (Å²) in [7, 11) is 0. The van der Waals surface area contributed by atoms with Crippen LogP contribution in [0.2, 0.25) is 0 Å². The molecule has 0 aliphatic heterocycles. The van der Waals surface area contributed by atoms with E-state index in [9.17, 15) is 4.79 Å². The number of nitrogens with two attached hydrogens (primary N) is 1. The Balaban J connectivity index is 2.09. The van der Waals surface area contributed by atoms with E-state index in [4.69, 9.17) is 10.2 Å². The van der Waals surface area contributed by atoms with Crippen LogP contribution in [-0.4, -0.2) is 23.5 Å². The van der Waals surface area contributed by atoms with E-state index in [0.717, 1.165) is 6.42 Å². The molecule has 0 saturated heterocycles. The second-order valence-electron chi connectivity index (χ2n) is 4.37. The van der Waals surface area contributed by atoms with Gasteiger partial charge in [-0.05, 0) is 25.5 Å². The molecule has 2 rings (SSSR count). The number of nitrogens with zero attached hydrogens (tertiary/aromatic N) is 1. The van der Waals surface area contributed by atoms with Gasteiger partial charge in [0.1, 0.15) is 11.6 Å². The van der Waals surface area contributed by atoms with Gasteiger partial charge in [-0.1, -0.05) is 13.0 Å². The number of amides is 1. The molecule has 1 aromatic heterocycles. The van der Waals surface area contributed by atoms with Crippen molar-refractivity contribution >= 4 is 28.7 Å². The molecule has 1 aromatic carbocycles. The summed E-state index contributed by atoms with van der Waals surface area (Å²) in [5.74, 6) is -0.0860. The number of carbonyl (C=O) groups excluding carboxylic acids is 1. The van der Waals surface area contributed by atoms with Gasteiger partial charge in [-0.15, -0.1) is 0 Å². The van der Waals surface area contributed by atoms with E-state index in [1.54, 1.807) is 25.1 Å². The second kappa shape index (κ2) is 5.60. The highest BCUT2D eigenvalue weighted by Gasteiger charge is 2.15. The summed E-state index contributed by atoms with van der Waals surface area (Å²) in [6.07, 6.45) is 0.901. The monoisotopic (exact) mass is 262 g/mol. The van der Waals surface area contributed by atoms with E-state index in [0.29, 0.717) is 29.3 Å². The zero-order valence-corrected chi connectivity index (χ0v) is 11.1. The molecule has 0 radical (unpaired) electrons. The van der Waals surface area contributed by atoms with Crippen molar-refractivity contribution in [2.24, 2.45) is 0 Å². The van der Waals surface area contributed by atoms with Crippen LogP contribution < -0.4 is 16.4 Å². The van der Waals surface area contributed by atoms with Gasteiger partial charge in [0.25, 0.3) is 6.01 Å². The number of benzene rings is 1. The highest BCUT2D eigenvalue weighted by molar-refractivity contribution is 5.87. The van der Waals surface area contributed by atoms with Crippen LogP contribution in [0.3, 0.4) is 0 Å². The molecule has 4 N–H and O–H groups in total. The molecule has 0 fully saturated rings. The van der Waals surface area contributed by atoms with Gasteiger partial charge in [0.05, 0.1) is 5.69 Å². The Morgan fingerprint density at radius 2 is 2.32 bits per heavy atom. The quantitative estimate of drug-likeness (QED) is 0.714. The maximum absolute atomic E-state index is 11.7. The van der Waals surface area contributed by atoms with E-state index in [1.165, 1.54) is 0 Å². The van der Waals surface area contributed by atoms with Gasteiger partial charge in [-0.2, -0.15) is 4.98 Å². The smallest absolute Gasteiger partial charge is 0.296 e. The Morgan fingerprint density at radius 3 is 3.00 bits per heavy atom. The molecular weight excluding hydrogens is 244 g/mol. The molecule has 0 bridgehead atoms. The van der Waals surface area contributed by atoms with E-state index in [2.05, 4.69) is 15.6 Å². The minimum atomic E-state index is -0.416. The number of hydrogen-bond acceptors (Lipinski definition) is 5. The highest BCUT2D eigenvalue weighted by atomic mass is 16.4. The molecule has 2 aromatic rings. The predicted octanol–water partition coefficient (Wildman–Crippen LogP) is 1.74. The number of carbonyl (C=O) groups is 1. The zero-order valence-electron chi connectivity index (χ0n) is 11.1. The van der Waals surface area contributed by atoms with Gasteiger partial charge < -0.3 is 20.8 Å². The van der Waals surface area contributed by atoms with Gasteiger partial charge in [0.15, 0.2) is 5.58 Å². The molecule has 6 heteroatoms. The number of para-hydroxylation sites is 1. The van der Waals surface area contributed by atoms with Crippen LogP contribution in [0.1, 0.15) is 20.3 Å². The van der Waals surface area contributed by atoms with Crippen molar-refractivity contribution in [2.75, 3.05) is 17.6 Å². The van der Waals surface area contributed by atoms with Crippen molar-refractivity contribution in [1.82, 2.24) is 10.3 Å². The van der Waals surface area contributed by atoms with E-state index in [1.807, 2.05) is 6.92 Å². The van der Waals surface area contributed by atoms with Crippen LogP contribution in [0.25, 0.3) is 11.1 Å². The molecule has 19 heavy (non-hydrogen) atoms. The Bertz CT molecular complexity index is 579. The minimum Gasteiger partial charge on any atom is -0.423 e. The first-order valence-electron chi connectivity index (χ1n) is 6.31. The van der Waals surface area contributed by atoms with E-state index in [-0.39, 0.29) is 5.91 Å². The van der Waals surface area contributed by atoms with Gasteiger partial charge >= 0.3 is 0 Å². The van der Waals surface area contributed by atoms with Crippen molar-refractivity contribution in [3.63, 3.8) is 0 Å². The van der Waals surface area contributed by atoms with Crippen LogP contribution in [-0.2, 0) is 4.79 Å². The third-order valence-electron chi connectivity index (χ3n) is 2.73. The molecule has 102 valence electrons. The lowest BCUT2D eigenvalue weighted by Crippen LogP contribution is -2.37. The lowest BCUT2D eigenvalue weighted by Gasteiger charge is -2.11. The highest BCUT2D eigenvalue weighted by Crippen LogP contribution is 2.23. The number of anilines is 2. The van der Waals surface area contributed by atoms with Gasteiger partial charge in [-0.3, -0.25) is 4.79 Å². The molecular formula is C13H18N4O2. The van der Waals surface area contributed by atoms with Gasteiger partial charge in [0.2, 0.25) is 5.91 Å². The minimum absolute atomic E-state index is 0.0860. The molecule has 1 amide bonds. The Kier molecular flexibility index (Phi) is 3.89. The summed E-state index contributed by atoms with van der Waals surface area (Å²) in [6.45, 7) is 4.41. The number of oxazole rings is 1. The number of rotatable bonds is 5. The molecule has 1 unspecified atom stereocenters. The number of nitrogen functional groups attached to an aromatic ring is 1. The molecule has 0 aliphatic carbocycles. The molecule has 0 saturated carbocycles. The fraction of sp³-hybridized carbons (Fsp3) is 0.385. The van der Waals surface area contributed by atoms with E-state index >= 15 is 0 Å². The number of fused-ring (bicyclic) bond motifs is 1. The van der Waals surface area contributed by atoms with Gasteiger partial charge in [0, 0.05) is 6.54 Å². The first-order valence-corrected chi connectivity index (χ1v) is 6.31. The summed E-state index contributed by atoms with van der Waals surface area (Å²) in [4.78, 5) is 16.0. The Morgan fingerprint density at radius 1 is 1.53 bits per heavy atom. The fourth-order valence-corrected chi connectivity index (χ4v) is 1.68. The van der Waals surface area contributed by atoms with Crippen LogP contribution in [0.5, 0.6) is 0 Å². The van der Waals surface area contributed by atoms with Crippen molar-refractivity contribution in [3.05, 3.63) is 18.2 Å². The first-order chi connectivity index (χ1) is 9.11. The third-order valence-corrected chi connectivity index (χ3v) is 2.73. The topological polar surface area (TPSA) is 93.2 Å². The van der Waals surface area contributed by atoms with Crippen LogP contribution >= 0.6 is 0 Å². The predicted molar refractivity (Wildman–Crippen MR) is 74.8 cm³/mol. The zero-order chi connectivity index (χ0) is 13.8. The maximum atomic E-state index is 11.7. The lowest BCUT2D eigenvalue weighted by atomic mass is 10.3. The average Bonchev–Trinajstić information content (AvgIpc) is 2.79. The lowest BCUT2D eigenvalue weighted by molar-refractivity contribution is -0.121. The van der Waals surface area contributed by atoms with E-state index < -0.39 is 6.04 Å². The summed E-state index contributed by atoms with van der Waals surface area (Å²) < 4.78 is 5.49. The summed E-state index contributed by atoms with van der Waals surface area (Å²) in [5, 5.41) is 5.72. The summed E-state index contributed by atoms with van der Waals surface area (Å²) in [6, 6.07) is 5.22. The summed E-state index contributed by atoms with van der Waals surface area (Å²) in [5.41, 5.74) is 7.55. The number of nitrogens with one attached hydrogen (secondary N) is 2. The van der Waals surface area contributed by atoms with Crippen LogP contribution in [0.4, 0.5) is 11.7 Å². The second-order valence-corrected chi connectivity index (χ2v) is 4.37. The maximum Gasteiger partial charge on any atom is 0.296 e. The normalized spacial score (nSPS) is 12.3. The van der Waals surface area contributed by atoms with Crippen molar-refractivity contribution in [3.8, 4) is 0 Å². The largest absolute Gasteiger partial charge is 0.423 e. The average molecular weight is 262 g/mol. The Hall–Kier alpha value is -2.24. The molecule has 0 spiro atoms.